The van der Waals surface area contributed by atoms with Gasteiger partial charge in [0, 0.05) is 0 Å². The molecule has 0 rings (SSSR count). The highest BCUT2D eigenvalue weighted by Gasteiger charge is 2.03. The number of nitrogens with one attached hydrogen (secondary N) is 1. The first-order valence-electron chi connectivity index (χ1n) is 5.84. The van der Waals surface area contributed by atoms with Crippen molar-refractivity contribution in [1.82, 2.24) is 10.2 Å². The molecule has 0 amide bonds. The van der Waals surface area contributed by atoms with E-state index >= 15 is 0 Å². The van der Waals surface area contributed by atoms with E-state index in [4.69, 9.17) is 5.11 Å². The van der Waals surface area contributed by atoms with Crippen molar-refractivity contribution in [3.8, 4) is 0 Å². The zero-order valence-electron chi connectivity index (χ0n) is 9.92. The summed E-state index contributed by atoms with van der Waals surface area (Å²) in [6, 6.07) is 0. The Morgan fingerprint density at radius 2 is 1.64 bits per heavy atom. The average molecular weight is 202 g/mol. The Bertz CT molecular complexity index is 110. The molecule has 1 atom stereocenters. The summed E-state index contributed by atoms with van der Waals surface area (Å²) >= 11 is 0. The van der Waals surface area contributed by atoms with Gasteiger partial charge in [-0.2, -0.15) is 0 Å². The van der Waals surface area contributed by atoms with Crippen LogP contribution in [0.2, 0.25) is 0 Å². The van der Waals surface area contributed by atoms with Crippen LogP contribution in [0.15, 0.2) is 0 Å². The Morgan fingerprint density at radius 1 is 1.14 bits per heavy atom. The third-order valence-electron chi connectivity index (χ3n) is 2.27. The van der Waals surface area contributed by atoms with Crippen LogP contribution >= 0.6 is 0 Å². The molecule has 14 heavy (non-hydrogen) atoms. The highest BCUT2D eigenvalue weighted by atomic mass is 16.3. The standard InChI is InChI=1S/C11H26N2O/c1-4-6-8-13(9-7-5-2)10-12-11(3)14/h11-12,14H,4-10H2,1-3H3. The minimum absolute atomic E-state index is 0.402. The fourth-order valence-corrected chi connectivity index (χ4v) is 1.29. The molecule has 0 saturated heterocycles. The molecule has 1 unspecified atom stereocenters. The molecular weight excluding hydrogens is 176 g/mol. The fraction of sp³-hybridized carbons (Fsp3) is 1.00. The summed E-state index contributed by atoms with van der Waals surface area (Å²) in [6.45, 7) is 9.25. The first-order valence-corrected chi connectivity index (χ1v) is 5.84. The number of hydrogen-bond acceptors (Lipinski definition) is 3. The van der Waals surface area contributed by atoms with Crippen LogP contribution in [-0.4, -0.2) is 36.0 Å². The van der Waals surface area contributed by atoms with Gasteiger partial charge in [-0.05, 0) is 32.9 Å². The maximum Gasteiger partial charge on any atom is 0.103 e. The van der Waals surface area contributed by atoms with Crippen molar-refractivity contribution in [2.45, 2.75) is 52.7 Å². The Hall–Kier alpha value is -0.120. The summed E-state index contributed by atoms with van der Waals surface area (Å²) in [4.78, 5) is 2.37. The van der Waals surface area contributed by atoms with Gasteiger partial charge in [0.1, 0.15) is 6.23 Å². The summed E-state index contributed by atoms with van der Waals surface area (Å²) in [5, 5.41) is 12.2. The van der Waals surface area contributed by atoms with Gasteiger partial charge in [-0.25, -0.2) is 0 Å². The van der Waals surface area contributed by atoms with Gasteiger partial charge in [-0.1, -0.05) is 26.7 Å². The van der Waals surface area contributed by atoms with Crippen molar-refractivity contribution in [1.29, 1.82) is 0 Å². The van der Waals surface area contributed by atoms with Crippen molar-refractivity contribution in [2.24, 2.45) is 0 Å². The number of unbranched alkanes of at least 4 members (excludes halogenated alkanes) is 2. The lowest BCUT2D eigenvalue weighted by Gasteiger charge is -2.23. The predicted octanol–water partition coefficient (Wildman–Crippen LogP) is 1.77. The second-order valence-electron chi connectivity index (χ2n) is 3.86. The molecule has 0 spiro atoms. The zero-order valence-corrected chi connectivity index (χ0v) is 9.92. The SMILES string of the molecule is CCCCN(CCCC)CNC(C)O. The van der Waals surface area contributed by atoms with Crippen LogP contribution in [0.25, 0.3) is 0 Å². The topological polar surface area (TPSA) is 35.5 Å². The third-order valence-corrected chi connectivity index (χ3v) is 2.27. The molecule has 0 saturated carbocycles. The van der Waals surface area contributed by atoms with Crippen LogP contribution in [0.4, 0.5) is 0 Å². The van der Waals surface area contributed by atoms with E-state index in [2.05, 4.69) is 24.1 Å². The normalized spacial score (nSPS) is 13.5. The van der Waals surface area contributed by atoms with Crippen molar-refractivity contribution >= 4 is 0 Å². The van der Waals surface area contributed by atoms with Crippen LogP contribution < -0.4 is 5.32 Å². The lowest BCUT2D eigenvalue weighted by molar-refractivity contribution is 0.121. The molecule has 0 aliphatic heterocycles. The van der Waals surface area contributed by atoms with Crippen molar-refractivity contribution < 1.29 is 5.11 Å². The van der Waals surface area contributed by atoms with Crippen molar-refractivity contribution in [3.63, 3.8) is 0 Å². The lowest BCUT2D eigenvalue weighted by atomic mass is 10.3. The molecule has 0 aromatic carbocycles. The molecule has 0 aliphatic carbocycles. The molecular formula is C11H26N2O. The Labute approximate surface area is 88.5 Å². The molecule has 3 nitrogen and oxygen atoms in total. The molecule has 0 aromatic rings. The van der Waals surface area contributed by atoms with Crippen LogP contribution in [-0.2, 0) is 0 Å². The average Bonchev–Trinajstić information content (AvgIpc) is 2.16. The fourth-order valence-electron chi connectivity index (χ4n) is 1.29. The van der Waals surface area contributed by atoms with Crippen LogP contribution in [0.1, 0.15) is 46.5 Å². The van der Waals surface area contributed by atoms with E-state index in [1.807, 2.05) is 0 Å². The molecule has 2 N–H and O–H groups in total. The summed E-state index contributed by atoms with van der Waals surface area (Å²) in [6.07, 6.45) is 4.55. The molecule has 0 heterocycles. The van der Waals surface area contributed by atoms with E-state index in [9.17, 15) is 0 Å². The number of hydrogen-bond donors (Lipinski definition) is 2. The molecule has 0 radical (unpaired) electrons. The van der Waals surface area contributed by atoms with Gasteiger partial charge in [-0.3, -0.25) is 10.2 Å². The van der Waals surface area contributed by atoms with Gasteiger partial charge in [-0.15, -0.1) is 0 Å². The molecule has 0 aliphatic rings. The van der Waals surface area contributed by atoms with Gasteiger partial charge < -0.3 is 5.11 Å². The molecule has 86 valence electrons. The second-order valence-corrected chi connectivity index (χ2v) is 3.86. The van der Waals surface area contributed by atoms with E-state index in [-0.39, 0.29) is 0 Å². The van der Waals surface area contributed by atoms with Crippen molar-refractivity contribution in [2.75, 3.05) is 19.8 Å². The quantitative estimate of drug-likeness (QED) is 0.559. The first-order chi connectivity index (χ1) is 6.70. The third kappa shape index (κ3) is 8.48. The Morgan fingerprint density at radius 3 is 2.00 bits per heavy atom. The van der Waals surface area contributed by atoms with Crippen LogP contribution in [0.5, 0.6) is 0 Å². The maximum absolute atomic E-state index is 9.11. The first kappa shape index (κ1) is 13.9. The van der Waals surface area contributed by atoms with E-state index in [0.29, 0.717) is 0 Å². The minimum Gasteiger partial charge on any atom is -0.379 e. The number of aliphatic hydroxyl groups excluding tert-OH is 1. The Kier molecular flexibility index (Phi) is 9.35. The second kappa shape index (κ2) is 9.44. The number of aliphatic hydroxyl groups is 1. The lowest BCUT2D eigenvalue weighted by Crippen LogP contribution is -2.39. The van der Waals surface area contributed by atoms with Gasteiger partial charge >= 0.3 is 0 Å². The van der Waals surface area contributed by atoms with Crippen LogP contribution in [0, 0.1) is 0 Å². The largest absolute Gasteiger partial charge is 0.379 e. The monoisotopic (exact) mass is 202 g/mol. The summed E-state index contributed by atoms with van der Waals surface area (Å²) in [5.41, 5.74) is 0. The smallest absolute Gasteiger partial charge is 0.103 e. The molecule has 0 bridgehead atoms. The molecule has 3 heteroatoms. The minimum atomic E-state index is -0.402. The summed E-state index contributed by atoms with van der Waals surface area (Å²) < 4.78 is 0. The predicted molar refractivity (Wildman–Crippen MR) is 61.1 cm³/mol. The zero-order chi connectivity index (χ0) is 10.8. The van der Waals surface area contributed by atoms with Gasteiger partial charge in [0.15, 0.2) is 0 Å². The highest BCUT2D eigenvalue weighted by Crippen LogP contribution is 1.97. The van der Waals surface area contributed by atoms with Gasteiger partial charge in [0.05, 0.1) is 6.67 Å². The van der Waals surface area contributed by atoms with Gasteiger partial charge in [0.25, 0.3) is 0 Å². The summed E-state index contributed by atoms with van der Waals surface area (Å²) in [7, 11) is 0. The van der Waals surface area contributed by atoms with E-state index in [0.717, 1.165) is 19.8 Å². The Balaban J connectivity index is 3.60. The molecule has 0 fully saturated rings. The maximum atomic E-state index is 9.11. The van der Waals surface area contributed by atoms with Gasteiger partial charge in [0.2, 0.25) is 0 Å². The van der Waals surface area contributed by atoms with E-state index in [1.165, 1.54) is 25.7 Å². The number of nitrogens with zero attached hydrogens (tertiary/aromatic N) is 1. The van der Waals surface area contributed by atoms with E-state index in [1.54, 1.807) is 6.92 Å². The van der Waals surface area contributed by atoms with Crippen LogP contribution in [0.3, 0.4) is 0 Å². The highest BCUT2D eigenvalue weighted by molar-refractivity contribution is 4.57. The molecule has 0 aromatic heterocycles. The number of rotatable bonds is 9. The van der Waals surface area contributed by atoms with Crippen molar-refractivity contribution in [3.05, 3.63) is 0 Å². The summed E-state index contributed by atoms with van der Waals surface area (Å²) in [5.74, 6) is 0. The van der Waals surface area contributed by atoms with E-state index < -0.39 is 6.23 Å².